The molecule has 3 aromatic rings. The van der Waals surface area contributed by atoms with Crippen molar-refractivity contribution in [3.8, 4) is 17.4 Å². The van der Waals surface area contributed by atoms with Crippen LogP contribution in [0.2, 0.25) is 0 Å². The third-order valence-electron chi connectivity index (χ3n) is 6.46. The highest BCUT2D eigenvalue weighted by molar-refractivity contribution is 7.92. The number of carbonyl (C=O) groups excluding carboxylic acids is 1. The summed E-state index contributed by atoms with van der Waals surface area (Å²) in [6.07, 6.45) is 1.60. The van der Waals surface area contributed by atoms with Gasteiger partial charge in [-0.15, -0.1) is 0 Å². The average molecular weight is 544 g/mol. The van der Waals surface area contributed by atoms with Crippen molar-refractivity contribution in [1.29, 1.82) is 0 Å². The van der Waals surface area contributed by atoms with Crippen LogP contribution in [0.1, 0.15) is 18.9 Å². The molecule has 11 nitrogen and oxygen atoms in total. The summed E-state index contributed by atoms with van der Waals surface area (Å²) in [7, 11) is -0.606. The van der Waals surface area contributed by atoms with E-state index in [1.54, 1.807) is 55.5 Å². The van der Waals surface area contributed by atoms with Gasteiger partial charge >= 0.3 is 0 Å². The first-order valence-electron chi connectivity index (χ1n) is 12.3. The Hall–Kier alpha value is -3.77. The number of sulfonamides is 1. The maximum atomic E-state index is 12.8. The number of aromatic amines is 1. The molecule has 2 heterocycles. The highest BCUT2D eigenvalue weighted by Gasteiger charge is 2.25. The standard InChI is InChI=1S/C26H33N5O6S/c1-5-20(25-19-14-22(36-2)23(37-3)15-21(19)29-26(25)33)28-17-6-8-18(9-7-17)31(38(4,34)35)16-24(32)30-12-10-27-11-13-30/h6-9,14-15,27,29,33H,5,10-13,16H2,1-4H3. The van der Waals surface area contributed by atoms with Crippen molar-refractivity contribution >= 4 is 43.9 Å². The first kappa shape index (κ1) is 27.3. The number of nitrogens with one attached hydrogen (secondary N) is 2. The lowest BCUT2D eigenvalue weighted by molar-refractivity contribution is -0.130. The highest BCUT2D eigenvalue weighted by Crippen LogP contribution is 2.37. The third-order valence-corrected chi connectivity index (χ3v) is 7.60. The first-order valence-corrected chi connectivity index (χ1v) is 14.1. The minimum Gasteiger partial charge on any atom is -0.494 e. The number of hydrogen-bond acceptors (Lipinski definition) is 8. The second-order valence-corrected chi connectivity index (χ2v) is 10.8. The average Bonchev–Trinajstić information content (AvgIpc) is 3.24. The molecule has 0 unspecified atom stereocenters. The normalized spacial score (nSPS) is 14.5. The molecular weight excluding hydrogens is 510 g/mol. The number of hydrogen-bond donors (Lipinski definition) is 3. The van der Waals surface area contributed by atoms with Crippen LogP contribution in [0.3, 0.4) is 0 Å². The Morgan fingerprint density at radius 2 is 1.74 bits per heavy atom. The van der Waals surface area contributed by atoms with E-state index in [4.69, 9.17) is 14.5 Å². The molecule has 1 amide bonds. The molecule has 3 N–H and O–H groups in total. The molecule has 1 saturated heterocycles. The summed E-state index contributed by atoms with van der Waals surface area (Å²) in [5.41, 5.74) is 2.79. The number of benzene rings is 2. The number of nitrogens with zero attached hydrogens (tertiary/aromatic N) is 3. The summed E-state index contributed by atoms with van der Waals surface area (Å²) >= 11 is 0. The van der Waals surface area contributed by atoms with Crippen LogP contribution in [0.4, 0.5) is 11.4 Å². The lowest BCUT2D eigenvalue weighted by atomic mass is 10.1. The fourth-order valence-electron chi connectivity index (χ4n) is 4.50. The molecular formula is C26H33N5O6S. The molecule has 0 atom stereocenters. The summed E-state index contributed by atoms with van der Waals surface area (Å²) in [5, 5.41) is 14.6. The van der Waals surface area contributed by atoms with E-state index in [0.717, 1.165) is 15.9 Å². The molecule has 204 valence electrons. The zero-order chi connectivity index (χ0) is 27.4. The van der Waals surface area contributed by atoms with Gasteiger partial charge in [-0.3, -0.25) is 14.1 Å². The zero-order valence-corrected chi connectivity index (χ0v) is 22.8. The predicted molar refractivity (Wildman–Crippen MR) is 148 cm³/mol. The molecule has 12 heteroatoms. The van der Waals surface area contributed by atoms with E-state index in [9.17, 15) is 18.3 Å². The van der Waals surface area contributed by atoms with Gasteiger partial charge in [0.15, 0.2) is 17.4 Å². The molecule has 1 aromatic heterocycles. The molecule has 1 fully saturated rings. The topological polar surface area (TPSA) is 137 Å². The number of H-pyrrole nitrogens is 1. The number of amides is 1. The monoisotopic (exact) mass is 543 g/mol. The van der Waals surface area contributed by atoms with Crippen LogP contribution in [0.15, 0.2) is 41.4 Å². The van der Waals surface area contributed by atoms with Crippen LogP contribution in [-0.2, 0) is 14.8 Å². The van der Waals surface area contributed by atoms with Crippen LogP contribution in [-0.4, -0.2) is 88.2 Å². The number of aliphatic imine (C=N–C) groups is 1. The quantitative estimate of drug-likeness (QED) is 0.353. The minimum atomic E-state index is -3.69. The molecule has 0 bridgehead atoms. The van der Waals surface area contributed by atoms with Crippen LogP contribution in [0.25, 0.3) is 10.9 Å². The fraction of sp³-hybridized carbons (Fsp3) is 0.385. The number of aromatic hydroxyl groups is 1. The smallest absolute Gasteiger partial charge is 0.243 e. The van der Waals surface area contributed by atoms with Gasteiger partial charge in [-0.2, -0.15) is 0 Å². The summed E-state index contributed by atoms with van der Waals surface area (Å²) in [5.74, 6) is 0.789. The summed E-state index contributed by atoms with van der Waals surface area (Å²) in [6, 6.07) is 10.2. The molecule has 2 aromatic carbocycles. The van der Waals surface area contributed by atoms with E-state index in [1.807, 2.05) is 6.92 Å². The maximum absolute atomic E-state index is 12.8. The number of piperazine rings is 1. The number of methoxy groups -OCH3 is 2. The third kappa shape index (κ3) is 5.70. The minimum absolute atomic E-state index is 0.0257. The van der Waals surface area contributed by atoms with Gasteiger partial charge in [0.25, 0.3) is 0 Å². The van der Waals surface area contributed by atoms with Gasteiger partial charge in [-0.25, -0.2) is 8.42 Å². The van der Waals surface area contributed by atoms with Gasteiger partial charge in [-0.05, 0) is 36.8 Å². The number of aromatic nitrogens is 1. The summed E-state index contributed by atoms with van der Waals surface area (Å²) < 4.78 is 37.0. The van der Waals surface area contributed by atoms with Gasteiger partial charge in [0.05, 0.1) is 48.6 Å². The Morgan fingerprint density at radius 1 is 1.11 bits per heavy atom. The fourth-order valence-corrected chi connectivity index (χ4v) is 5.35. The first-order chi connectivity index (χ1) is 18.2. The lowest BCUT2D eigenvalue weighted by Gasteiger charge is -2.30. The summed E-state index contributed by atoms with van der Waals surface area (Å²) in [4.78, 5) is 22.1. The maximum Gasteiger partial charge on any atom is 0.243 e. The van der Waals surface area contributed by atoms with Crippen LogP contribution in [0, 0.1) is 0 Å². The van der Waals surface area contributed by atoms with E-state index in [1.165, 1.54) is 0 Å². The second-order valence-electron chi connectivity index (χ2n) is 8.93. The van der Waals surface area contributed by atoms with E-state index >= 15 is 0 Å². The Kier molecular flexibility index (Phi) is 8.12. The molecule has 0 saturated carbocycles. The molecule has 38 heavy (non-hydrogen) atoms. The van der Waals surface area contributed by atoms with Crippen LogP contribution in [0.5, 0.6) is 17.4 Å². The number of anilines is 1. The van der Waals surface area contributed by atoms with Crippen molar-refractivity contribution in [2.45, 2.75) is 13.3 Å². The van der Waals surface area contributed by atoms with E-state index < -0.39 is 10.0 Å². The predicted octanol–water partition coefficient (Wildman–Crippen LogP) is 2.62. The Bertz CT molecular complexity index is 1440. The Labute approximate surface area is 222 Å². The number of rotatable bonds is 9. The molecule has 0 radical (unpaired) electrons. The molecule has 0 spiro atoms. The van der Waals surface area contributed by atoms with Crippen molar-refractivity contribution < 1.29 is 27.8 Å². The zero-order valence-electron chi connectivity index (χ0n) is 21.9. The number of carbonyl (C=O) groups is 1. The van der Waals surface area contributed by atoms with Gasteiger partial charge in [0.2, 0.25) is 15.9 Å². The largest absolute Gasteiger partial charge is 0.494 e. The van der Waals surface area contributed by atoms with Crippen LogP contribution < -0.4 is 19.1 Å². The second kappa shape index (κ2) is 11.3. The van der Waals surface area contributed by atoms with Gasteiger partial charge in [0.1, 0.15) is 6.54 Å². The Morgan fingerprint density at radius 3 is 2.32 bits per heavy atom. The van der Waals surface area contributed by atoms with E-state index in [0.29, 0.717) is 72.3 Å². The van der Waals surface area contributed by atoms with Crippen molar-refractivity contribution in [2.75, 3.05) is 57.5 Å². The molecule has 0 aliphatic carbocycles. The van der Waals surface area contributed by atoms with Crippen molar-refractivity contribution in [3.05, 3.63) is 42.0 Å². The summed E-state index contributed by atoms with van der Waals surface area (Å²) in [6.45, 7) is 4.12. The Balaban J connectivity index is 1.64. The van der Waals surface area contributed by atoms with Gasteiger partial charge in [-0.1, -0.05) is 6.92 Å². The molecule has 4 rings (SSSR count). The van der Waals surface area contributed by atoms with E-state index in [-0.39, 0.29) is 18.3 Å². The number of ether oxygens (including phenoxy) is 2. The van der Waals surface area contributed by atoms with Crippen molar-refractivity contribution in [1.82, 2.24) is 15.2 Å². The van der Waals surface area contributed by atoms with Gasteiger partial charge in [0, 0.05) is 37.6 Å². The lowest BCUT2D eigenvalue weighted by Crippen LogP contribution is -2.50. The molecule has 1 aliphatic rings. The molecule has 1 aliphatic heterocycles. The van der Waals surface area contributed by atoms with Crippen molar-refractivity contribution in [3.63, 3.8) is 0 Å². The SMILES string of the molecule is CCC(=Nc1ccc(N(CC(=O)N2CCNCC2)S(C)(=O)=O)cc1)c1c(O)[nH]c2cc(OC)c(OC)cc12. The highest BCUT2D eigenvalue weighted by atomic mass is 32.2. The van der Waals surface area contributed by atoms with E-state index in [2.05, 4.69) is 10.3 Å². The number of fused-ring (bicyclic) bond motifs is 1. The van der Waals surface area contributed by atoms with Gasteiger partial charge < -0.3 is 29.8 Å². The van der Waals surface area contributed by atoms with Crippen molar-refractivity contribution in [2.24, 2.45) is 4.99 Å². The van der Waals surface area contributed by atoms with Crippen LogP contribution >= 0.6 is 0 Å².